The molecule has 1 saturated carbocycles. The highest BCUT2D eigenvalue weighted by atomic mass is 32.2. The van der Waals surface area contributed by atoms with Crippen LogP contribution in [0.1, 0.15) is 39.7 Å². The Morgan fingerprint density at radius 1 is 1.17 bits per heavy atom. The number of carbonyl (C=O) groups excluding carboxylic acids is 2. The second-order valence-corrected chi connectivity index (χ2v) is 10.2. The lowest BCUT2D eigenvalue weighted by atomic mass is 10.1. The maximum atomic E-state index is 13.3. The molecule has 2 aliphatic rings. The number of benzene rings is 2. The summed E-state index contributed by atoms with van der Waals surface area (Å²) in [7, 11) is -3.63. The molecule has 29 heavy (non-hydrogen) atoms. The number of rotatable bonds is 5. The number of nitrogens with one attached hydrogen (secondary N) is 1. The number of nitrogens with zero attached hydrogens (tertiary/aromatic N) is 1. The van der Waals surface area contributed by atoms with Crippen LogP contribution in [-0.4, -0.2) is 31.2 Å². The summed E-state index contributed by atoms with van der Waals surface area (Å²) in [6.45, 7) is 1.76. The summed E-state index contributed by atoms with van der Waals surface area (Å²) in [6, 6.07) is 10.8. The van der Waals surface area contributed by atoms with Crippen molar-refractivity contribution < 1.29 is 22.4 Å². The molecule has 2 aromatic carbocycles. The van der Waals surface area contributed by atoms with Crippen LogP contribution in [0.25, 0.3) is 0 Å². The van der Waals surface area contributed by atoms with Gasteiger partial charge >= 0.3 is 0 Å². The molecule has 1 aliphatic heterocycles. The SMILES string of the molecule is Cc1cc(C(=O)NS(=O)(=O)C2CC2)ccc1N1C(=O)CSC1c1ccc(F)cc1. The van der Waals surface area contributed by atoms with Crippen LogP contribution in [0.3, 0.4) is 0 Å². The van der Waals surface area contributed by atoms with E-state index in [0.717, 1.165) is 5.56 Å². The molecule has 2 aromatic rings. The summed E-state index contributed by atoms with van der Waals surface area (Å²) in [5, 5.41) is -0.778. The van der Waals surface area contributed by atoms with Crippen molar-refractivity contribution in [2.75, 3.05) is 10.7 Å². The van der Waals surface area contributed by atoms with E-state index in [9.17, 15) is 22.4 Å². The van der Waals surface area contributed by atoms with Gasteiger partial charge in [-0.1, -0.05) is 12.1 Å². The van der Waals surface area contributed by atoms with Crippen molar-refractivity contribution >= 4 is 39.3 Å². The Kier molecular flexibility index (Phi) is 5.12. The van der Waals surface area contributed by atoms with Crippen molar-refractivity contribution in [3.63, 3.8) is 0 Å². The van der Waals surface area contributed by atoms with E-state index >= 15 is 0 Å². The van der Waals surface area contributed by atoms with Crippen LogP contribution in [-0.2, 0) is 14.8 Å². The molecule has 2 amide bonds. The highest BCUT2D eigenvalue weighted by molar-refractivity contribution is 8.00. The molecule has 1 saturated heterocycles. The van der Waals surface area contributed by atoms with Gasteiger partial charge < -0.3 is 0 Å². The van der Waals surface area contributed by atoms with E-state index in [1.165, 1.54) is 30.0 Å². The molecular weight excluding hydrogens is 415 g/mol. The van der Waals surface area contributed by atoms with Gasteiger partial charge in [-0.2, -0.15) is 0 Å². The van der Waals surface area contributed by atoms with Gasteiger partial charge in [0.15, 0.2) is 0 Å². The third-order valence-corrected chi connectivity index (χ3v) is 7.97. The largest absolute Gasteiger partial charge is 0.295 e. The molecule has 1 N–H and O–H groups in total. The van der Waals surface area contributed by atoms with E-state index in [1.807, 2.05) is 0 Å². The Bertz CT molecular complexity index is 1080. The van der Waals surface area contributed by atoms with Gasteiger partial charge in [0.2, 0.25) is 15.9 Å². The minimum Gasteiger partial charge on any atom is -0.295 e. The summed E-state index contributed by atoms with van der Waals surface area (Å²) in [6.07, 6.45) is 1.14. The summed E-state index contributed by atoms with van der Waals surface area (Å²) in [4.78, 5) is 26.5. The number of anilines is 1. The van der Waals surface area contributed by atoms with E-state index in [1.54, 1.807) is 36.1 Å². The number of halogens is 1. The highest BCUT2D eigenvalue weighted by Gasteiger charge is 2.37. The van der Waals surface area contributed by atoms with Crippen LogP contribution in [0.4, 0.5) is 10.1 Å². The van der Waals surface area contributed by atoms with Crippen LogP contribution in [0.15, 0.2) is 42.5 Å². The van der Waals surface area contributed by atoms with Crippen molar-refractivity contribution in [3.8, 4) is 0 Å². The molecule has 0 aromatic heterocycles. The fourth-order valence-corrected chi connectivity index (χ4v) is 5.74. The Morgan fingerprint density at radius 2 is 1.86 bits per heavy atom. The second kappa shape index (κ2) is 7.46. The van der Waals surface area contributed by atoms with Gasteiger partial charge in [0.05, 0.1) is 11.0 Å². The second-order valence-electron chi connectivity index (χ2n) is 7.16. The molecule has 1 heterocycles. The fourth-order valence-electron chi connectivity index (χ4n) is 3.28. The zero-order valence-corrected chi connectivity index (χ0v) is 17.2. The first-order chi connectivity index (χ1) is 13.8. The van der Waals surface area contributed by atoms with Crippen molar-refractivity contribution in [1.82, 2.24) is 4.72 Å². The molecule has 1 aliphatic carbocycles. The maximum Gasteiger partial charge on any atom is 0.264 e. The zero-order valence-electron chi connectivity index (χ0n) is 15.6. The number of carbonyl (C=O) groups is 2. The molecule has 0 spiro atoms. The lowest BCUT2D eigenvalue weighted by Gasteiger charge is -2.26. The average Bonchev–Trinajstić information content (AvgIpc) is 3.47. The van der Waals surface area contributed by atoms with Gasteiger partial charge in [0.1, 0.15) is 11.2 Å². The summed E-state index contributed by atoms with van der Waals surface area (Å²) >= 11 is 1.44. The van der Waals surface area contributed by atoms with Crippen LogP contribution >= 0.6 is 11.8 Å². The van der Waals surface area contributed by atoms with E-state index < -0.39 is 21.2 Å². The van der Waals surface area contributed by atoms with Crippen LogP contribution < -0.4 is 9.62 Å². The van der Waals surface area contributed by atoms with Gasteiger partial charge in [-0.25, -0.2) is 17.5 Å². The van der Waals surface area contributed by atoms with Crippen molar-refractivity contribution in [2.24, 2.45) is 0 Å². The molecule has 152 valence electrons. The first-order valence-corrected chi connectivity index (χ1v) is 11.7. The van der Waals surface area contributed by atoms with Crippen molar-refractivity contribution in [2.45, 2.75) is 30.4 Å². The first-order valence-electron chi connectivity index (χ1n) is 9.12. The number of hydrogen-bond acceptors (Lipinski definition) is 5. The quantitative estimate of drug-likeness (QED) is 0.782. The number of amides is 2. The molecule has 1 atom stereocenters. The predicted octanol–water partition coefficient (Wildman–Crippen LogP) is 3.13. The molecule has 0 bridgehead atoms. The Morgan fingerprint density at radius 3 is 2.48 bits per heavy atom. The number of hydrogen-bond donors (Lipinski definition) is 1. The van der Waals surface area contributed by atoms with Gasteiger partial charge in [0, 0.05) is 11.3 Å². The number of thioether (sulfide) groups is 1. The lowest BCUT2D eigenvalue weighted by Crippen LogP contribution is -2.33. The van der Waals surface area contributed by atoms with E-state index in [4.69, 9.17) is 0 Å². The van der Waals surface area contributed by atoms with Gasteiger partial charge in [-0.3, -0.25) is 14.5 Å². The van der Waals surface area contributed by atoms with Crippen LogP contribution in [0.2, 0.25) is 0 Å². The molecule has 1 unspecified atom stereocenters. The van der Waals surface area contributed by atoms with E-state index in [-0.39, 0.29) is 22.7 Å². The predicted molar refractivity (Wildman–Crippen MR) is 110 cm³/mol. The monoisotopic (exact) mass is 434 g/mol. The Labute approximate surface area is 172 Å². The number of aryl methyl sites for hydroxylation is 1. The molecule has 2 fully saturated rings. The van der Waals surface area contributed by atoms with E-state index in [2.05, 4.69) is 4.72 Å². The molecule has 9 heteroatoms. The third kappa shape index (κ3) is 4.02. The summed E-state index contributed by atoms with van der Waals surface area (Å²) in [5.41, 5.74) is 2.33. The smallest absolute Gasteiger partial charge is 0.264 e. The van der Waals surface area contributed by atoms with Gasteiger partial charge in [-0.15, -0.1) is 11.8 Å². The first kappa shape index (κ1) is 19.9. The zero-order chi connectivity index (χ0) is 20.8. The standard InChI is InChI=1S/C20H19FN2O4S2/c1-12-10-14(19(25)22-29(26,27)16-7-8-16)4-9-17(12)23-18(24)11-28-20(23)13-2-5-15(21)6-3-13/h2-6,9-10,16,20H,7-8,11H2,1H3,(H,22,25). The lowest BCUT2D eigenvalue weighted by molar-refractivity contribution is -0.115. The minimum absolute atomic E-state index is 0.0825. The normalized spacial score (nSPS) is 19.4. The van der Waals surface area contributed by atoms with Crippen LogP contribution in [0, 0.1) is 12.7 Å². The van der Waals surface area contributed by atoms with Crippen LogP contribution in [0.5, 0.6) is 0 Å². The Hall–Kier alpha value is -2.39. The van der Waals surface area contributed by atoms with Gasteiger partial charge in [0.25, 0.3) is 5.91 Å². The van der Waals surface area contributed by atoms with Gasteiger partial charge in [-0.05, 0) is 61.2 Å². The Balaban J connectivity index is 1.60. The minimum atomic E-state index is -3.63. The molecule has 0 radical (unpaired) electrons. The third-order valence-electron chi connectivity index (χ3n) is 4.94. The molecule has 6 nitrogen and oxygen atoms in total. The summed E-state index contributed by atoms with van der Waals surface area (Å²) in [5.74, 6) is -0.810. The highest BCUT2D eigenvalue weighted by Crippen LogP contribution is 2.42. The average molecular weight is 435 g/mol. The van der Waals surface area contributed by atoms with Crippen molar-refractivity contribution in [1.29, 1.82) is 0 Å². The molecule has 4 rings (SSSR count). The van der Waals surface area contributed by atoms with Crippen molar-refractivity contribution in [3.05, 3.63) is 65.0 Å². The van der Waals surface area contributed by atoms with E-state index in [0.29, 0.717) is 29.8 Å². The topological polar surface area (TPSA) is 83.6 Å². The summed E-state index contributed by atoms with van der Waals surface area (Å²) < 4.78 is 39.4. The number of sulfonamides is 1. The maximum absolute atomic E-state index is 13.3. The fraction of sp³-hybridized carbons (Fsp3) is 0.300. The molecular formula is C20H19FN2O4S2.